The molecule has 98 valence electrons. The summed E-state index contributed by atoms with van der Waals surface area (Å²) < 4.78 is 34.4. The molecule has 0 spiro atoms. The lowest BCUT2D eigenvalue weighted by atomic mass is 10.2. The maximum absolute atomic E-state index is 12.1. The van der Waals surface area contributed by atoms with Crippen LogP contribution in [0.3, 0.4) is 0 Å². The van der Waals surface area contributed by atoms with Gasteiger partial charge in [0.05, 0.1) is 26.0 Å². The second-order valence-corrected chi connectivity index (χ2v) is 5.73. The quantitative estimate of drug-likeness (QED) is 0.813. The summed E-state index contributed by atoms with van der Waals surface area (Å²) in [5, 5.41) is 8.47. The van der Waals surface area contributed by atoms with Crippen LogP contribution < -0.4 is 9.47 Å². The molecule has 0 fully saturated rings. The Bertz CT molecular complexity index is 572. The van der Waals surface area contributed by atoms with Crippen molar-refractivity contribution >= 4 is 9.84 Å². The van der Waals surface area contributed by atoms with E-state index < -0.39 is 9.84 Å². The van der Waals surface area contributed by atoms with E-state index in [1.807, 2.05) is 6.07 Å². The fraction of sp³-hybridized carbons (Fsp3) is 0.417. The molecule has 0 amide bonds. The van der Waals surface area contributed by atoms with Gasteiger partial charge in [-0.1, -0.05) is 0 Å². The van der Waals surface area contributed by atoms with Gasteiger partial charge in [-0.25, -0.2) is 8.42 Å². The number of rotatable bonds is 5. The molecule has 0 N–H and O–H groups in total. The van der Waals surface area contributed by atoms with Crippen molar-refractivity contribution < 1.29 is 17.9 Å². The van der Waals surface area contributed by atoms with Crippen molar-refractivity contribution in [2.45, 2.75) is 18.2 Å². The van der Waals surface area contributed by atoms with Crippen LogP contribution in [0, 0.1) is 18.3 Å². The van der Waals surface area contributed by atoms with Crippen LogP contribution in [0.1, 0.15) is 12.0 Å². The molecule has 18 heavy (non-hydrogen) atoms. The average molecular weight is 269 g/mol. The van der Waals surface area contributed by atoms with Crippen LogP contribution in [0.5, 0.6) is 11.5 Å². The summed E-state index contributed by atoms with van der Waals surface area (Å²) in [6, 6.07) is 4.85. The summed E-state index contributed by atoms with van der Waals surface area (Å²) in [7, 11) is -0.602. The van der Waals surface area contributed by atoms with E-state index >= 15 is 0 Å². The van der Waals surface area contributed by atoms with Gasteiger partial charge >= 0.3 is 0 Å². The van der Waals surface area contributed by atoms with Crippen LogP contribution >= 0.6 is 0 Å². The third-order valence-electron chi connectivity index (χ3n) is 2.56. The lowest BCUT2D eigenvalue weighted by Crippen LogP contribution is -2.09. The molecule has 6 heteroatoms. The summed E-state index contributed by atoms with van der Waals surface area (Å²) >= 11 is 0. The maximum atomic E-state index is 12.1. The molecule has 0 aliphatic carbocycles. The number of nitriles is 1. The molecule has 0 heterocycles. The number of nitrogens with zero attached hydrogens (tertiary/aromatic N) is 1. The zero-order chi connectivity index (χ0) is 13.8. The Labute approximate surface area is 107 Å². The van der Waals surface area contributed by atoms with Gasteiger partial charge < -0.3 is 9.47 Å². The molecule has 0 radical (unpaired) electrons. The molecule has 0 aliphatic rings. The van der Waals surface area contributed by atoms with E-state index in [1.54, 1.807) is 13.0 Å². The summed E-state index contributed by atoms with van der Waals surface area (Å²) in [5.74, 6) is 0.615. The molecule has 1 rings (SSSR count). The molecule has 0 saturated carbocycles. The van der Waals surface area contributed by atoms with Gasteiger partial charge in [-0.15, -0.1) is 0 Å². The summed E-state index contributed by atoms with van der Waals surface area (Å²) in [4.78, 5) is 0.0959. The van der Waals surface area contributed by atoms with Crippen LogP contribution in [0.2, 0.25) is 0 Å². The SMILES string of the molecule is COc1ccc(S(=O)(=O)CCC#N)c(OC)c1C. The lowest BCUT2D eigenvalue weighted by molar-refractivity contribution is 0.380. The second-order valence-electron chi connectivity index (χ2n) is 3.65. The van der Waals surface area contributed by atoms with Crippen molar-refractivity contribution in [3.8, 4) is 17.6 Å². The van der Waals surface area contributed by atoms with Gasteiger partial charge in [0.2, 0.25) is 0 Å². The van der Waals surface area contributed by atoms with Gasteiger partial charge in [0, 0.05) is 12.0 Å². The Balaban J connectivity index is 3.34. The Morgan fingerprint density at radius 3 is 2.44 bits per heavy atom. The largest absolute Gasteiger partial charge is 0.496 e. The monoisotopic (exact) mass is 269 g/mol. The summed E-state index contributed by atoms with van der Waals surface area (Å²) in [6.07, 6.45) is -0.0451. The topological polar surface area (TPSA) is 76.4 Å². The lowest BCUT2D eigenvalue weighted by Gasteiger charge is -2.14. The molecule has 1 aromatic rings. The van der Waals surface area contributed by atoms with Crippen LogP contribution in [0.4, 0.5) is 0 Å². The van der Waals surface area contributed by atoms with E-state index in [-0.39, 0.29) is 22.8 Å². The predicted octanol–water partition coefficient (Wildman–Crippen LogP) is 1.70. The van der Waals surface area contributed by atoms with E-state index in [4.69, 9.17) is 14.7 Å². The van der Waals surface area contributed by atoms with Crippen molar-refractivity contribution in [1.82, 2.24) is 0 Å². The molecular weight excluding hydrogens is 254 g/mol. The van der Waals surface area contributed by atoms with Gasteiger partial charge in [-0.2, -0.15) is 5.26 Å². The molecular formula is C12H15NO4S. The number of benzene rings is 1. The Hall–Kier alpha value is -1.74. The highest BCUT2D eigenvalue weighted by Gasteiger charge is 2.22. The first kappa shape index (κ1) is 14.3. The van der Waals surface area contributed by atoms with Gasteiger partial charge in [-0.05, 0) is 19.1 Å². The second kappa shape index (κ2) is 5.74. The predicted molar refractivity (Wildman–Crippen MR) is 66.6 cm³/mol. The van der Waals surface area contributed by atoms with E-state index in [0.29, 0.717) is 11.3 Å². The molecule has 5 nitrogen and oxygen atoms in total. The minimum absolute atomic E-state index is 0.0451. The van der Waals surface area contributed by atoms with Gasteiger partial charge in [0.15, 0.2) is 9.84 Å². The molecule has 1 aromatic carbocycles. The van der Waals surface area contributed by atoms with Gasteiger partial charge in [-0.3, -0.25) is 0 Å². The number of ether oxygens (including phenoxy) is 2. The first-order valence-electron chi connectivity index (χ1n) is 5.29. The zero-order valence-electron chi connectivity index (χ0n) is 10.6. The fourth-order valence-corrected chi connectivity index (χ4v) is 3.03. The first-order chi connectivity index (χ1) is 8.47. The highest BCUT2D eigenvalue weighted by molar-refractivity contribution is 7.91. The maximum Gasteiger partial charge on any atom is 0.183 e. The standard InChI is InChI=1S/C12H15NO4S/c1-9-10(16-2)5-6-11(12(9)17-3)18(14,15)8-4-7-13/h5-6H,4,8H2,1-3H3. The third-order valence-corrected chi connectivity index (χ3v) is 4.29. The molecule has 0 saturated heterocycles. The third kappa shape index (κ3) is 2.74. The normalized spacial score (nSPS) is 10.8. The molecule has 0 aromatic heterocycles. The van der Waals surface area contributed by atoms with Crippen molar-refractivity contribution in [3.05, 3.63) is 17.7 Å². The van der Waals surface area contributed by atoms with Crippen molar-refractivity contribution in [2.24, 2.45) is 0 Å². The summed E-state index contributed by atoms with van der Waals surface area (Å²) in [5.41, 5.74) is 0.623. The van der Waals surface area contributed by atoms with Crippen molar-refractivity contribution in [2.75, 3.05) is 20.0 Å². The molecule has 0 aliphatic heterocycles. The van der Waals surface area contributed by atoms with E-state index in [9.17, 15) is 8.42 Å². The zero-order valence-corrected chi connectivity index (χ0v) is 11.4. The highest BCUT2D eigenvalue weighted by atomic mass is 32.2. The number of methoxy groups -OCH3 is 2. The average Bonchev–Trinajstić information content (AvgIpc) is 2.36. The highest BCUT2D eigenvalue weighted by Crippen LogP contribution is 2.34. The Morgan fingerprint density at radius 2 is 1.94 bits per heavy atom. The van der Waals surface area contributed by atoms with Gasteiger partial charge in [0.25, 0.3) is 0 Å². The van der Waals surface area contributed by atoms with Crippen LogP contribution in [0.25, 0.3) is 0 Å². The first-order valence-corrected chi connectivity index (χ1v) is 6.94. The van der Waals surface area contributed by atoms with Crippen LogP contribution in [-0.4, -0.2) is 28.4 Å². The molecule has 0 unspecified atom stereocenters. The van der Waals surface area contributed by atoms with Crippen molar-refractivity contribution in [1.29, 1.82) is 5.26 Å². The fourth-order valence-electron chi connectivity index (χ4n) is 1.66. The Morgan fingerprint density at radius 1 is 1.28 bits per heavy atom. The van der Waals surface area contributed by atoms with E-state index in [0.717, 1.165) is 0 Å². The van der Waals surface area contributed by atoms with Crippen LogP contribution in [-0.2, 0) is 9.84 Å². The number of hydrogen-bond acceptors (Lipinski definition) is 5. The number of sulfone groups is 1. The van der Waals surface area contributed by atoms with Crippen molar-refractivity contribution in [3.63, 3.8) is 0 Å². The smallest absolute Gasteiger partial charge is 0.183 e. The molecule has 0 atom stereocenters. The minimum Gasteiger partial charge on any atom is -0.496 e. The summed E-state index contributed by atoms with van der Waals surface area (Å²) in [6.45, 7) is 1.72. The minimum atomic E-state index is -3.52. The van der Waals surface area contributed by atoms with Crippen LogP contribution in [0.15, 0.2) is 17.0 Å². The number of hydrogen-bond donors (Lipinski definition) is 0. The van der Waals surface area contributed by atoms with E-state index in [1.165, 1.54) is 20.3 Å². The molecule has 0 bridgehead atoms. The van der Waals surface area contributed by atoms with E-state index in [2.05, 4.69) is 0 Å². The Kier molecular flexibility index (Phi) is 4.56. The van der Waals surface area contributed by atoms with Gasteiger partial charge in [0.1, 0.15) is 16.4 Å².